The Balaban J connectivity index is 1.60. The molecule has 2 atom stereocenters. The van der Waals surface area contributed by atoms with Crippen LogP contribution in [0.3, 0.4) is 0 Å². The second-order valence-corrected chi connectivity index (χ2v) is 6.56. The molecule has 2 rings (SSSR count). The molecule has 1 aliphatic carbocycles. The van der Waals surface area contributed by atoms with E-state index in [1.54, 1.807) is 0 Å². The minimum absolute atomic E-state index is 0.776. The van der Waals surface area contributed by atoms with Crippen molar-refractivity contribution in [1.82, 2.24) is 10.2 Å². The Morgan fingerprint density at radius 3 is 2.63 bits per heavy atom. The predicted octanol–water partition coefficient (Wildman–Crippen LogP) is 2.51. The van der Waals surface area contributed by atoms with Gasteiger partial charge in [-0.05, 0) is 44.2 Å². The van der Waals surface area contributed by atoms with Gasteiger partial charge in [0.25, 0.3) is 0 Å². The molecular weight excluding hydrogens is 236 g/mol. The van der Waals surface area contributed by atoms with Gasteiger partial charge in [-0.25, -0.2) is 0 Å². The molecule has 0 radical (unpaired) electrons. The number of ether oxygens (including phenoxy) is 1. The van der Waals surface area contributed by atoms with Gasteiger partial charge in [0.2, 0.25) is 0 Å². The van der Waals surface area contributed by atoms with Crippen LogP contribution in [0.4, 0.5) is 0 Å². The van der Waals surface area contributed by atoms with Gasteiger partial charge in [0.1, 0.15) is 0 Å². The first kappa shape index (κ1) is 15.3. The number of hydrogen-bond donors (Lipinski definition) is 1. The summed E-state index contributed by atoms with van der Waals surface area (Å²) in [6, 6.07) is 0.776. The molecule has 0 amide bonds. The molecule has 0 bridgehead atoms. The van der Waals surface area contributed by atoms with Gasteiger partial charge in [-0.1, -0.05) is 26.7 Å². The van der Waals surface area contributed by atoms with E-state index in [4.69, 9.17) is 4.74 Å². The minimum atomic E-state index is 0.776. The van der Waals surface area contributed by atoms with Crippen LogP contribution in [0.25, 0.3) is 0 Å². The quantitative estimate of drug-likeness (QED) is 0.749. The highest BCUT2D eigenvalue weighted by Crippen LogP contribution is 2.30. The van der Waals surface area contributed by atoms with E-state index in [1.807, 2.05) is 0 Å². The second-order valence-electron chi connectivity index (χ2n) is 6.56. The Labute approximate surface area is 119 Å². The molecule has 1 saturated carbocycles. The zero-order valence-corrected chi connectivity index (χ0v) is 12.9. The van der Waals surface area contributed by atoms with Gasteiger partial charge in [0.15, 0.2) is 0 Å². The Morgan fingerprint density at radius 2 is 1.89 bits per heavy atom. The molecule has 0 aromatic heterocycles. The molecule has 3 heteroatoms. The van der Waals surface area contributed by atoms with Gasteiger partial charge in [0.05, 0.1) is 13.2 Å². The molecule has 1 N–H and O–H groups in total. The number of rotatable bonds is 6. The van der Waals surface area contributed by atoms with Crippen molar-refractivity contribution >= 4 is 0 Å². The maximum Gasteiger partial charge on any atom is 0.0594 e. The number of nitrogens with one attached hydrogen (secondary N) is 1. The first-order valence-corrected chi connectivity index (χ1v) is 8.31. The molecule has 2 unspecified atom stereocenters. The SMILES string of the molecule is CC(C)C1CCCCC1NCCCN1CCOCC1. The van der Waals surface area contributed by atoms with Crippen LogP contribution in [0, 0.1) is 11.8 Å². The molecule has 1 saturated heterocycles. The van der Waals surface area contributed by atoms with Gasteiger partial charge in [-0.3, -0.25) is 4.90 Å². The standard InChI is InChI=1S/C16H32N2O/c1-14(2)15-6-3-4-7-16(15)17-8-5-9-18-10-12-19-13-11-18/h14-17H,3-13H2,1-2H3. The molecule has 2 aliphatic rings. The lowest BCUT2D eigenvalue weighted by atomic mass is 9.78. The maximum absolute atomic E-state index is 5.38. The third-order valence-electron chi connectivity index (χ3n) is 4.84. The lowest BCUT2D eigenvalue weighted by molar-refractivity contribution is 0.0372. The smallest absolute Gasteiger partial charge is 0.0594 e. The Morgan fingerprint density at radius 1 is 1.16 bits per heavy atom. The first-order chi connectivity index (χ1) is 9.27. The van der Waals surface area contributed by atoms with Crippen molar-refractivity contribution in [3.8, 4) is 0 Å². The number of nitrogens with zero attached hydrogens (tertiary/aromatic N) is 1. The van der Waals surface area contributed by atoms with Crippen molar-refractivity contribution in [1.29, 1.82) is 0 Å². The van der Waals surface area contributed by atoms with E-state index in [9.17, 15) is 0 Å². The van der Waals surface area contributed by atoms with Crippen molar-refractivity contribution < 1.29 is 4.74 Å². The van der Waals surface area contributed by atoms with Gasteiger partial charge >= 0.3 is 0 Å². The van der Waals surface area contributed by atoms with Crippen molar-refractivity contribution in [2.45, 2.75) is 52.0 Å². The molecule has 3 nitrogen and oxygen atoms in total. The summed E-state index contributed by atoms with van der Waals surface area (Å²) >= 11 is 0. The lowest BCUT2D eigenvalue weighted by Gasteiger charge is -2.35. The van der Waals surface area contributed by atoms with Crippen LogP contribution in [-0.2, 0) is 4.74 Å². The highest BCUT2D eigenvalue weighted by atomic mass is 16.5. The fourth-order valence-corrected chi connectivity index (χ4v) is 3.63. The van der Waals surface area contributed by atoms with Gasteiger partial charge in [-0.15, -0.1) is 0 Å². The largest absolute Gasteiger partial charge is 0.379 e. The summed E-state index contributed by atoms with van der Waals surface area (Å²) in [5.41, 5.74) is 0. The number of hydrogen-bond acceptors (Lipinski definition) is 3. The highest BCUT2D eigenvalue weighted by Gasteiger charge is 2.26. The second kappa shape index (κ2) is 8.23. The third-order valence-corrected chi connectivity index (χ3v) is 4.84. The van der Waals surface area contributed by atoms with Crippen molar-refractivity contribution in [2.24, 2.45) is 11.8 Å². The van der Waals surface area contributed by atoms with E-state index < -0.39 is 0 Å². The molecule has 0 spiro atoms. The monoisotopic (exact) mass is 268 g/mol. The summed E-state index contributed by atoms with van der Waals surface area (Å²) in [6.07, 6.45) is 6.96. The average Bonchev–Trinajstić information content (AvgIpc) is 2.45. The van der Waals surface area contributed by atoms with Crippen LogP contribution in [0.15, 0.2) is 0 Å². The van der Waals surface area contributed by atoms with Crippen LogP contribution >= 0.6 is 0 Å². The molecule has 0 aromatic carbocycles. The van der Waals surface area contributed by atoms with E-state index in [1.165, 1.54) is 45.2 Å². The molecule has 2 fully saturated rings. The predicted molar refractivity (Wildman–Crippen MR) is 80.5 cm³/mol. The van der Waals surface area contributed by atoms with Crippen LogP contribution in [0.5, 0.6) is 0 Å². The fraction of sp³-hybridized carbons (Fsp3) is 1.00. The van der Waals surface area contributed by atoms with E-state index in [-0.39, 0.29) is 0 Å². The summed E-state index contributed by atoms with van der Waals surface area (Å²) in [5, 5.41) is 3.83. The van der Waals surface area contributed by atoms with Crippen molar-refractivity contribution in [3.05, 3.63) is 0 Å². The Bertz CT molecular complexity index is 239. The minimum Gasteiger partial charge on any atom is -0.379 e. The van der Waals surface area contributed by atoms with Crippen LogP contribution in [0.2, 0.25) is 0 Å². The van der Waals surface area contributed by atoms with Gasteiger partial charge in [-0.2, -0.15) is 0 Å². The zero-order valence-electron chi connectivity index (χ0n) is 12.9. The molecule has 1 heterocycles. The first-order valence-electron chi connectivity index (χ1n) is 8.31. The van der Waals surface area contributed by atoms with E-state index in [2.05, 4.69) is 24.1 Å². The van der Waals surface area contributed by atoms with E-state index in [0.29, 0.717) is 0 Å². The van der Waals surface area contributed by atoms with Crippen LogP contribution in [-0.4, -0.2) is 50.3 Å². The molecule has 1 aliphatic heterocycles. The highest BCUT2D eigenvalue weighted by molar-refractivity contribution is 4.82. The topological polar surface area (TPSA) is 24.5 Å². The molecule has 19 heavy (non-hydrogen) atoms. The lowest BCUT2D eigenvalue weighted by Crippen LogP contribution is -2.42. The van der Waals surface area contributed by atoms with Crippen molar-refractivity contribution in [3.63, 3.8) is 0 Å². The summed E-state index contributed by atoms with van der Waals surface area (Å²) in [7, 11) is 0. The third kappa shape index (κ3) is 5.05. The van der Waals surface area contributed by atoms with Crippen molar-refractivity contribution in [2.75, 3.05) is 39.4 Å². The molecule has 112 valence electrons. The summed E-state index contributed by atoms with van der Waals surface area (Å²) < 4.78 is 5.38. The van der Waals surface area contributed by atoms with E-state index in [0.717, 1.165) is 44.2 Å². The van der Waals surface area contributed by atoms with E-state index >= 15 is 0 Å². The maximum atomic E-state index is 5.38. The molecule has 0 aromatic rings. The zero-order chi connectivity index (χ0) is 13.5. The summed E-state index contributed by atoms with van der Waals surface area (Å²) in [6.45, 7) is 11.3. The van der Waals surface area contributed by atoms with Crippen LogP contribution < -0.4 is 5.32 Å². The summed E-state index contributed by atoms with van der Waals surface area (Å²) in [4.78, 5) is 2.53. The average molecular weight is 268 g/mol. The summed E-state index contributed by atoms with van der Waals surface area (Å²) in [5.74, 6) is 1.73. The van der Waals surface area contributed by atoms with Gasteiger partial charge in [0, 0.05) is 19.1 Å². The molecular formula is C16H32N2O. The fourth-order valence-electron chi connectivity index (χ4n) is 3.63. The normalized spacial score (nSPS) is 29.8. The Kier molecular flexibility index (Phi) is 6.62. The number of morpholine rings is 1. The van der Waals surface area contributed by atoms with Crippen LogP contribution in [0.1, 0.15) is 46.0 Å². The Hall–Kier alpha value is -0.120. The van der Waals surface area contributed by atoms with Gasteiger partial charge < -0.3 is 10.1 Å².